The molecule has 0 aliphatic carbocycles. The fraction of sp³-hybridized carbons (Fsp3) is 0.130. The van der Waals surface area contributed by atoms with Crippen molar-refractivity contribution in [2.75, 3.05) is 0 Å². The van der Waals surface area contributed by atoms with Gasteiger partial charge in [-0.05, 0) is 55.7 Å². The van der Waals surface area contributed by atoms with Crippen LogP contribution in [0.15, 0.2) is 72.8 Å². The minimum Gasteiger partial charge on any atom is -0.309 e. The van der Waals surface area contributed by atoms with Gasteiger partial charge in [-0.25, -0.2) is 0 Å². The number of hydrogen-bond donors (Lipinski definition) is 0. The van der Waals surface area contributed by atoms with Crippen molar-refractivity contribution in [1.82, 2.24) is 4.57 Å². The normalized spacial score (nSPS) is 11.1. The van der Waals surface area contributed by atoms with Crippen LogP contribution in [0, 0.1) is 20.8 Å². The van der Waals surface area contributed by atoms with Gasteiger partial charge in [-0.2, -0.15) is 0 Å². The van der Waals surface area contributed by atoms with Gasteiger partial charge in [0.2, 0.25) is 0 Å². The first-order valence-electron chi connectivity index (χ1n) is 8.39. The van der Waals surface area contributed by atoms with Gasteiger partial charge in [-0.1, -0.05) is 60.2 Å². The largest absolute Gasteiger partial charge is 0.309 e. The van der Waals surface area contributed by atoms with E-state index in [-0.39, 0.29) is 0 Å². The Bertz CT molecular complexity index is 1000. The van der Waals surface area contributed by atoms with Crippen LogP contribution >= 0.6 is 0 Å². The zero-order valence-corrected chi connectivity index (χ0v) is 14.4. The first-order valence-corrected chi connectivity index (χ1v) is 8.39. The molecule has 0 aliphatic heterocycles. The molecule has 118 valence electrons. The Hall–Kier alpha value is -2.80. The highest BCUT2D eigenvalue weighted by Crippen LogP contribution is 2.34. The van der Waals surface area contributed by atoms with Gasteiger partial charge in [0.1, 0.15) is 0 Å². The second-order valence-corrected chi connectivity index (χ2v) is 6.53. The number of aryl methyl sites for hydroxylation is 3. The Morgan fingerprint density at radius 2 is 1.38 bits per heavy atom. The minimum absolute atomic E-state index is 1.24. The minimum atomic E-state index is 1.24. The Kier molecular flexibility index (Phi) is 3.50. The van der Waals surface area contributed by atoms with Gasteiger partial charge in [0.25, 0.3) is 0 Å². The molecule has 0 N–H and O–H groups in total. The van der Waals surface area contributed by atoms with Crippen molar-refractivity contribution in [3.63, 3.8) is 0 Å². The number of aromatic nitrogens is 1. The third-order valence-corrected chi connectivity index (χ3v) is 4.69. The lowest BCUT2D eigenvalue weighted by Gasteiger charge is -2.16. The van der Waals surface area contributed by atoms with E-state index in [1.807, 2.05) is 0 Å². The van der Waals surface area contributed by atoms with Crippen molar-refractivity contribution in [2.24, 2.45) is 0 Å². The van der Waals surface area contributed by atoms with E-state index in [4.69, 9.17) is 0 Å². The fourth-order valence-electron chi connectivity index (χ4n) is 3.56. The molecule has 3 aromatic carbocycles. The summed E-state index contributed by atoms with van der Waals surface area (Å²) in [6.45, 7) is 6.53. The topological polar surface area (TPSA) is 4.93 Å². The molecule has 0 amide bonds. The summed E-state index contributed by atoms with van der Waals surface area (Å²) in [5.74, 6) is 0. The van der Waals surface area contributed by atoms with E-state index in [9.17, 15) is 0 Å². The van der Waals surface area contributed by atoms with Gasteiger partial charge in [0.05, 0.1) is 16.9 Å². The third-order valence-electron chi connectivity index (χ3n) is 4.69. The zero-order chi connectivity index (χ0) is 16.7. The lowest BCUT2D eigenvalue weighted by Crippen LogP contribution is -2.01. The first-order chi connectivity index (χ1) is 11.6. The summed E-state index contributed by atoms with van der Waals surface area (Å²) in [7, 11) is 0. The van der Waals surface area contributed by atoms with Crippen molar-refractivity contribution in [1.29, 1.82) is 0 Å². The first kappa shape index (κ1) is 14.8. The predicted octanol–water partition coefficient (Wildman–Crippen LogP) is 6.22. The van der Waals surface area contributed by atoms with Crippen LogP contribution in [0.2, 0.25) is 0 Å². The van der Waals surface area contributed by atoms with Crippen LogP contribution < -0.4 is 0 Å². The van der Waals surface area contributed by atoms with Crippen LogP contribution in [0.3, 0.4) is 0 Å². The average Bonchev–Trinajstić information content (AvgIpc) is 2.94. The van der Waals surface area contributed by atoms with Crippen molar-refractivity contribution in [3.05, 3.63) is 89.5 Å². The molecule has 4 aromatic rings. The summed E-state index contributed by atoms with van der Waals surface area (Å²) in [6.07, 6.45) is 0. The number of para-hydroxylation sites is 1. The van der Waals surface area contributed by atoms with Gasteiger partial charge in [-0.3, -0.25) is 0 Å². The summed E-state index contributed by atoms with van der Waals surface area (Å²) in [4.78, 5) is 0. The molecule has 1 heteroatoms. The molecule has 1 nitrogen and oxygen atoms in total. The fourth-order valence-corrected chi connectivity index (χ4v) is 3.56. The Morgan fingerprint density at radius 1 is 0.667 bits per heavy atom. The van der Waals surface area contributed by atoms with Crippen molar-refractivity contribution in [2.45, 2.75) is 20.8 Å². The molecule has 1 aromatic heterocycles. The highest BCUT2D eigenvalue weighted by atomic mass is 15.0. The van der Waals surface area contributed by atoms with Crippen molar-refractivity contribution in [3.8, 4) is 16.9 Å². The van der Waals surface area contributed by atoms with Gasteiger partial charge in [-0.15, -0.1) is 0 Å². The maximum absolute atomic E-state index is 2.41. The standard InChI is InChI=1S/C23H21N/c1-16-12-13-21-20(14-16)15-22(19-10-5-4-6-11-19)24(21)23-17(2)8-7-9-18(23)3/h4-15H,1-3H3. The third kappa shape index (κ3) is 2.33. The second-order valence-electron chi connectivity index (χ2n) is 6.53. The number of fused-ring (bicyclic) bond motifs is 1. The Labute approximate surface area is 143 Å². The maximum Gasteiger partial charge on any atom is 0.0541 e. The molecule has 1 heterocycles. The SMILES string of the molecule is Cc1ccc2c(c1)cc(-c1ccccc1)n2-c1c(C)cccc1C. The predicted molar refractivity (Wildman–Crippen MR) is 103 cm³/mol. The van der Waals surface area contributed by atoms with E-state index in [0.29, 0.717) is 0 Å². The molecule has 0 atom stereocenters. The molecule has 0 fully saturated rings. The van der Waals surface area contributed by atoms with Crippen LogP contribution in [0.1, 0.15) is 16.7 Å². The maximum atomic E-state index is 2.41. The summed E-state index contributed by atoms with van der Waals surface area (Å²) in [5, 5.41) is 1.29. The number of rotatable bonds is 2. The summed E-state index contributed by atoms with van der Waals surface area (Å²) in [6, 6.07) is 26.2. The van der Waals surface area contributed by atoms with E-state index in [0.717, 1.165) is 0 Å². The highest BCUT2D eigenvalue weighted by Gasteiger charge is 2.15. The molecule has 0 spiro atoms. The van der Waals surface area contributed by atoms with Gasteiger partial charge in [0, 0.05) is 5.39 Å². The van der Waals surface area contributed by atoms with Crippen LogP contribution in [0.25, 0.3) is 27.8 Å². The van der Waals surface area contributed by atoms with Crippen LogP contribution in [0.5, 0.6) is 0 Å². The molecule has 4 rings (SSSR count). The molecule has 0 saturated carbocycles. The van der Waals surface area contributed by atoms with Crippen LogP contribution in [0.4, 0.5) is 0 Å². The van der Waals surface area contributed by atoms with E-state index < -0.39 is 0 Å². The molecule has 24 heavy (non-hydrogen) atoms. The molecule has 0 saturated heterocycles. The van der Waals surface area contributed by atoms with Crippen molar-refractivity contribution >= 4 is 10.9 Å². The lowest BCUT2D eigenvalue weighted by atomic mass is 10.1. The Morgan fingerprint density at radius 3 is 2.08 bits per heavy atom. The molecular weight excluding hydrogens is 290 g/mol. The molecule has 0 radical (unpaired) electrons. The smallest absolute Gasteiger partial charge is 0.0541 e. The lowest BCUT2D eigenvalue weighted by molar-refractivity contribution is 1.09. The van der Waals surface area contributed by atoms with Crippen molar-refractivity contribution < 1.29 is 0 Å². The Balaban J connectivity index is 2.13. The molecule has 0 bridgehead atoms. The summed E-state index contributed by atoms with van der Waals surface area (Å²) in [5.41, 5.74) is 8.92. The van der Waals surface area contributed by atoms with Gasteiger partial charge >= 0.3 is 0 Å². The zero-order valence-electron chi connectivity index (χ0n) is 14.4. The van der Waals surface area contributed by atoms with E-state index in [1.165, 1.54) is 44.5 Å². The number of nitrogens with zero attached hydrogens (tertiary/aromatic N) is 1. The van der Waals surface area contributed by atoms with Gasteiger partial charge in [0.15, 0.2) is 0 Å². The van der Waals surface area contributed by atoms with E-state index >= 15 is 0 Å². The summed E-state index contributed by atoms with van der Waals surface area (Å²) >= 11 is 0. The van der Waals surface area contributed by atoms with Crippen LogP contribution in [-0.4, -0.2) is 4.57 Å². The second kappa shape index (κ2) is 5.68. The van der Waals surface area contributed by atoms with E-state index in [2.05, 4.69) is 98.1 Å². The summed E-state index contributed by atoms with van der Waals surface area (Å²) < 4.78 is 2.41. The quantitative estimate of drug-likeness (QED) is 0.414. The molecule has 0 unspecified atom stereocenters. The monoisotopic (exact) mass is 311 g/mol. The molecule has 0 aliphatic rings. The van der Waals surface area contributed by atoms with Crippen LogP contribution in [-0.2, 0) is 0 Å². The van der Waals surface area contributed by atoms with E-state index in [1.54, 1.807) is 0 Å². The number of hydrogen-bond acceptors (Lipinski definition) is 0. The number of benzene rings is 3. The average molecular weight is 311 g/mol. The van der Waals surface area contributed by atoms with Gasteiger partial charge < -0.3 is 4.57 Å². The highest BCUT2D eigenvalue weighted by molar-refractivity contribution is 5.90. The molecular formula is C23H21N.